The molecule has 3 rings (SSSR count). The lowest BCUT2D eigenvalue weighted by Gasteiger charge is -2.28. The molecule has 1 aromatic rings. The highest BCUT2D eigenvalue weighted by atomic mass is 16.7. The Morgan fingerprint density at radius 3 is 2.45 bits per heavy atom. The molecule has 0 radical (unpaired) electrons. The Morgan fingerprint density at radius 1 is 1.15 bits per heavy atom. The van der Waals surface area contributed by atoms with Crippen molar-refractivity contribution in [2.75, 3.05) is 31.1 Å². The highest BCUT2D eigenvalue weighted by molar-refractivity contribution is 5.94. The summed E-state index contributed by atoms with van der Waals surface area (Å²) in [6, 6.07) is 7.65. The number of benzene rings is 1. The van der Waals surface area contributed by atoms with E-state index in [2.05, 4.69) is 4.90 Å². The van der Waals surface area contributed by atoms with Crippen molar-refractivity contribution < 1.29 is 14.7 Å². The van der Waals surface area contributed by atoms with Gasteiger partial charge in [0.1, 0.15) is 12.7 Å². The Balaban J connectivity index is 1.67. The average molecular weight is 276 g/mol. The van der Waals surface area contributed by atoms with Crippen molar-refractivity contribution in [3.05, 3.63) is 29.8 Å². The number of anilines is 1. The third-order valence-corrected chi connectivity index (χ3v) is 3.86. The molecule has 2 aliphatic heterocycles. The lowest BCUT2D eigenvalue weighted by molar-refractivity contribution is -0.0779. The van der Waals surface area contributed by atoms with Crippen LogP contribution in [-0.2, 0) is 4.84 Å². The summed E-state index contributed by atoms with van der Waals surface area (Å²) in [4.78, 5) is 19.7. The van der Waals surface area contributed by atoms with E-state index in [0.29, 0.717) is 5.56 Å². The molecule has 2 aliphatic rings. The Labute approximate surface area is 118 Å². The lowest BCUT2D eigenvalue weighted by atomic mass is 10.1. The third kappa shape index (κ3) is 2.78. The molecular weight excluding hydrogens is 256 g/mol. The van der Waals surface area contributed by atoms with E-state index in [0.717, 1.165) is 13.1 Å². The van der Waals surface area contributed by atoms with E-state index in [-0.39, 0.29) is 19.1 Å². The molecule has 0 bridgehead atoms. The summed E-state index contributed by atoms with van der Waals surface area (Å²) in [7, 11) is 0. The van der Waals surface area contributed by atoms with Crippen LogP contribution >= 0.6 is 0 Å². The minimum absolute atomic E-state index is 0.188. The van der Waals surface area contributed by atoms with Gasteiger partial charge in [0.05, 0.1) is 6.54 Å². The quantitative estimate of drug-likeness (QED) is 0.887. The molecule has 0 spiro atoms. The molecular formula is C15H20N2O3. The van der Waals surface area contributed by atoms with Crippen LogP contribution in [0.2, 0.25) is 0 Å². The number of carbonyl (C=O) groups is 1. The van der Waals surface area contributed by atoms with Crippen LogP contribution in [0, 0.1) is 0 Å². The van der Waals surface area contributed by atoms with Crippen LogP contribution in [0.3, 0.4) is 0 Å². The molecule has 1 aromatic carbocycles. The van der Waals surface area contributed by atoms with Gasteiger partial charge in [0.15, 0.2) is 0 Å². The predicted octanol–water partition coefficient (Wildman–Crippen LogP) is 1.43. The topological polar surface area (TPSA) is 53.0 Å². The van der Waals surface area contributed by atoms with Gasteiger partial charge in [-0.25, -0.2) is 5.06 Å². The van der Waals surface area contributed by atoms with Crippen molar-refractivity contribution in [1.82, 2.24) is 5.06 Å². The molecule has 0 saturated carbocycles. The molecule has 1 unspecified atom stereocenters. The van der Waals surface area contributed by atoms with Crippen molar-refractivity contribution in [3.63, 3.8) is 0 Å². The molecule has 1 atom stereocenters. The zero-order valence-corrected chi connectivity index (χ0v) is 11.5. The molecule has 1 amide bonds. The van der Waals surface area contributed by atoms with E-state index in [1.807, 2.05) is 24.3 Å². The number of carbonyl (C=O) groups excluding carboxylic acids is 1. The van der Waals surface area contributed by atoms with Crippen LogP contribution in [0.15, 0.2) is 24.3 Å². The van der Waals surface area contributed by atoms with E-state index in [1.54, 1.807) is 0 Å². The summed E-state index contributed by atoms with van der Waals surface area (Å²) in [5.41, 5.74) is 1.77. The molecule has 0 aromatic heterocycles. The highest BCUT2D eigenvalue weighted by Gasteiger charge is 2.27. The van der Waals surface area contributed by atoms with Crippen LogP contribution in [-0.4, -0.2) is 48.4 Å². The van der Waals surface area contributed by atoms with Gasteiger partial charge in [-0.15, -0.1) is 0 Å². The Morgan fingerprint density at radius 2 is 1.85 bits per heavy atom. The summed E-state index contributed by atoms with van der Waals surface area (Å²) in [5.74, 6) is -0.188. The van der Waals surface area contributed by atoms with E-state index in [9.17, 15) is 9.90 Å². The van der Waals surface area contributed by atoms with Crippen LogP contribution in [0.5, 0.6) is 0 Å². The first-order chi connectivity index (χ1) is 9.74. The summed E-state index contributed by atoms with van der Waals surface area (Å²) < 4.78 is 0. The maximum absolute atomic E-state index is 12.2. The molecule has 2 fully saturated rings. The van der Waals surface area contributed by atoms with Crippen molar-refractivity contribution in [2.24, 2.45) is 0 Å². The van der Waals surface area contributed by atoms with Gasteiger partial charge in [-0.3, -0.25) is 9.63 Å². The fourth-order valence-electron chi connectivity index (χ4n) is 2.73. The van der Waals surface area contributed by atoms with E-state index in [1.165, 1.54) is 30.0 Å². The number of hydrogen-bond donors (Lipinski definition) is 1. The Kier molecular flexibility index (Phi) is 3.89. The van der Waals surface area contributed by atoms with E-state index in [4.69, 9.17) is 4.84 Å². The lowest BCUT2D eigenvalue weighted by Crippen LogP contribution is -2.30. The number of aliphatic hydroxyl groups is 1. The molecule has 1 N–H and O–H groups in total. The minimum Gasteiger partial charge on any atom is -0.389 e. The zero-order valence-electron chi connectivity index (χ0n) is 11.5. The molecule has 5 nitrogen and oxygen atoms in total. The monoisotopic (exact) mass is 276 g/mol. The molecule has 20 heavy (non-hydrogen) atoms. The number of hydrogen-bond acceptors (Lipinski definition) is 4. The molecule has 108 valence electrons. The molecule has 0 aliphatic carbocycles. The number of nitrogens with zero attached hydrogens (tertiary/aromatic N) is 2. The van der Waals surface area contributed by atoms with Gasteiger partial charge in [0.2, 0.25) is 0 Å². The van der Waals surface area contributed by atoms with Gasteiger partial charge in [-0.2, -0.15) is 0 Å². The van der Waals surface area contributed by atoms with Crippen LogP contribution in [0.25, 0.3) is 0 Å². The number of amides is 1. The van der Waals surface area contributed by atoms with Crippen molar-refractivity contribution in [2.45, 2.75) is 25.4 Å². The summed E-state index contributed by atoms with van der Waals surface area (Å²) in [6.45, 7) is 2.62. The zero-order chi connectivity index (χ0) is 13.9. The van der Waals surface area contributed by atoms with E-state index < -0.39 is 6.10 Å². The smallest absolute Gasteiger partial charge is 0.277 e. The van der Waals surface area contributed by atoms with Gasteiger partial charge in [-0.05, 0) is 43.5 Å². The van der Waals surface area contributed by atoms with Crippen LogP contribution in [0.4, 0.5) is 5.69 Å². The Hall–Kier alpha value is -1.59. The minimum atomic E-state index is -0.577. The fourth-order valence-corrected chi connectivity index (χ4v) is 2.73. The van der Waals surface area contributed by atoms with Gasteiger partial charge in [0.25, 0.3) is 5.91 Å². The van der Waals surface area contributed by atoms with Gasteiger partial charge in [0, 0.05) is 24.3 Å². The first-order valence-corrected chi connectivity index (χ1v) is 7.22. The second-order valence-corrected chi connectivity index (χ2v) is 5.41. The van der Waals surface area contributed by atoms with Crippen molar-refractivity contribution in [3.8, 4) is 0 Å². The number of aliphatic hydroxyl groups excluding tert-OH is 1. The van der Waals surface area contributed by atoms with Crippen LogP contribution in [0.1, 0.15) is 29.6 Å². The predicted molar refractivity (Wildman–Crippen MR) is 75.5 cm³/mol. The second-order valence-electron chi connectivity index (χ2n) is 5.41. The Bertz CT molecular complexity index is 469. The van der Waals surface area contributed by atoms with E-state index >= 15 is 0 Å². The van der Waals surface area contributed by atoms with Gasteiger partial charge >= 0.3 is 0 Å². The maximum atomic E-state index is 12.2. The molecule has 2 heterocycles. The van der Waals surface area contributed by atoms with Crippen LogP contribution < -0.4 is 4.90 Å². The second kappa shape index (κ2) is 5.81. The number of rotatable bonds is 2. The van der Waals surface area contributed by atoms with Gasteiger partial charge < -0.3 is 10.0 Å². The molecule has 2 saturated heterocycles. The average Bonchev–Trinajstić information content (AvgIpc) is 2.94. The number of hydroxylamine groups is 2. The maximum Gasteiger partial charge on any atom is 0.277 e. The molecule has 5 heteroatoms. The fraction of sp³-hybridized carbons (Fsp3) is 0.533. The largest absolute Gasteiger partial charge is 0.389 e. The first-order valence-electron chi connectivity index (χ1n) is 7.22. The van der Waals surface area contributed by atoms with Gasteiger partial charge in [-0.1, -0.05) is 0 Å². The standard InChI is InChI=1S/C15H20N2O3/c18-14-10-17(20-11-14)15(19)12-4-6-13(7-5-12)16-8-2-1-3-9-16/h4-7,14,18H,1-3,8-11H2. The van der Waals surface area contributed by atoms with Crippen molar-refractivity contribution >= 4 is 11.6 Å². The van der Waals surface area contributed by atoms with Crippen molar-refractivity contribution in [1.29, 1.82) is 0 Å². The number of piperidine rings is 1. The highest BCUT2D eigenvalue weighted by Crippen LogP contribution is 2.21. The third-order valence-electron chi connectivity index (χ3n) is 3.86. The summed E-state index contributed by atoms with van der Waals surface area (Å²) >= 11 is 0. The summed E-state index contributed by atoms with van der Waals surface area (Å²) in [5, 5.41) is 10.6. The first kappa shape index (κ1) is 13.4. The normalized spacial score (nSPS) is 23.1. The number of β-amino-alcohol motifs (C(OH)–C–C–N with tert-alkyl or cyclic N) is 1. The SMILES string of the molecule is O=C(c1ccc(N2CCCCC2)cc1)N1CC(O)CO1. The summed E-state index contributed by atoms with van der Waals surface area (Å²) in [6.07, 6.45) is 3.20.